The Balaban J connectivity index is 1.59. The lowest BCUT2D eigenvalue weighted by Gasteiger charge is -2.35. The Morgan fingerprint density at radius 2 is 1.92 bits per heavy atom. The van der Waals surface area contributed by atoms with Crippen LogP contribution in [0, 0.1) is 24.0 Å². The van der Waals surface area contributed by atoms with Crippen molar-refractivity contribution in [3.8, 4) is 0 Å². The van der Waals surface area contributed by atoms with Crippen LogP contribution in [0.2, 0.25) is 0 Å². The van der Waals surface area contributed by atoms with Crippen LogP contribution in [0.25, 0.3) is 0 Å². The summed E-state index contributed by atoms with van der Waals surface area (Å²) in [5.74, 6) is 0.794. The first kappa shape index (κ1) is 17.8. The predicted octanol–water partition coefficient (Wildman–Crippen LogP) is 1.23. The Labute approximate surface area is 151 Å². The van der Waals surface area contributed by atoms with E-state index in [1.165, 1.54) is 12.3 Å². The van der Waals surface area contributed by atoms with E-state index >= 15 is 0 Å². The standard InChI is InChI=1S/C17H22N6O3/c1-12-15(13(2)20(3)19-12)10-17(24)22-8-6-21(7-9-22)16-5-4-14(11-18-16)23(25)26/h4-5,11H,6-10H2,1-3H3. The van der Waals surface area contributed by atoms with E-state index in [0.717, 1.165) is 17.0 Å². The maximum Gasteiger partial charge on any atom is 0.287 e. The molecule has 138 valence electrons. The maximum absolute atomic E-state index is 12.6. The van der Waals surface area contributed by atoms with Crippen molar-refractivity contribution in [3.63, 3.8) is 0 Å². The van der Waals surface area contributed by atoms with E-state index in [2.05, 4.69) is 10.1 Å². The summed E-state index contributed by atoms with van der Waals surface area (Å²) >= 11 is 0. The molecule has 0 spiro atoms. The Morgan fingerprint density at radius 1 is 1.23 bits per heavy atom. The van der Waals surface area contributed by atoms with E-state index in [-0.39, 0.29) is 11.6 Å². The lowest BCUT2D eigenvalue weighted by molar-refractivity contribution is -0.385. The van der Waals surface area contributed by atoms with Gasteiger partial charge in [-0.05, 0) is 19.9 Å². The summed E-state index contributed by atoms with van der Waals surface area (Å²) < 4.78 is 1.80. The molecule has 9 heteroatoms. The number of aromatic nitrogens is 3. The van der Waals surface area contributed by atoms with E-state index in [9.17, 15) is 14.9 Å². The lowest BCUT2D eigenvalue weighted by Crippen LogP contribution is -2.49. The second kappa shape index (κ2) is 7.11. The summed E-state index contributed by atoms with van der Waals surface area (Å²) in [4.78, 5) is 30.9. The SMILES string of the molecule is Cc1nn(C)c(C)c1CC(=O)N1CCN(c2ccc([N+](=O)[O-])cn2)CC1. The number of carbonyl (C=O) groups is 1. The molecule has 26 heavy (non-hydrogen) atoms. The Bertz CT molecular complexity index is 822. The van der Waals surface area contributed by atoms with Gasteiger partial charge < -0.3 is 9.80 Å². The third-order valence-electron chi connectivity index (χ3n) is 4.89. The third-order valence-corrected chi connectivity index (χ3v) is 4.89. The molecule has 0 aliphatic carbocycles. The molecule has 2 aromatic rings. The van der Waals surface area contributed by atoms with Gasteiger partial charge in [-0.3, -0.25) is 19.6 Å². The molecular weight excluding hydrogens is 336 g/mol. The Morgan fingerprint density at radius 3 is 2.42 bits per heavy atom. The van der Waals surface area contributed by atoms with E-state index in [1.54, 1.807) is 10.7 Å². The fourth-order valence-electron chi connectivity index (χ4n) is 3.19. The van der Waals surface area contributed by atoms with Crippen molar-refractivity contribution in [2.24, 2.45) is 7.05 Å². The van der Waals surface area contributed by atoms with Gasteiger partial charge in [-0.1, -0.05) is 0 Å². The average Bonchev–Trinajstić information content (AvgIpc) is 2.88. The number of hydrogen-bond donors (Lipinski definition) is 0. The van der Waals surface area contributed by atoms with E-state index in [1.807, 2.05) is 30.7 Å². The van der Waals surface area contributed by atoms with Crippen LogP contribution in [0.3, 0.4) is 0 Å². The van der Waals surface area contributed by atoms with Crippen molar-refractivity contribution in [1.82, 2.24) is 19.7 Å². The number of rotatable bonds is 4. The van der Waals surface area contributed by atoms with Gasteiger partial charge >= 0.3 is 0 Å². The first-order chi connectivity index (χ1) is 12.4. The smallest absolute Gasteiger partial charge is 0.287 e. The summed E-state index contributed by atoms with van der Waals surface area (Å²) in [6, 6.07) is 3.10. The molecule has 2 aromatic heterocycles. The van der Waals surface area contributed by atoms with E-state index in [4.69, 9.17) is 0 Å². The van der Waals surface area contributed by atoms with Gasteiger partial charge in [0.2, 0.25) is 5.91 Å². The monoisotopic (exact) mass is 358 g/mol. The van der Waals surface area contributed by atoms with Gasteiger partial charge in [0.25, 0.3) is 5.69 Å². The van der Waals surface area contributed by atoms with Gasteiger partial charge in [0.05, 0.1) is 17.0 Å². The van der Waals surface area contributed by atoms with Crippen LogP contribution in [-0.2, 0) is 18.3 Å². The highest BCUT2D eigenvalue weighted by Crippen LogP contribution is 2.19. The van der Waals surface area contributed by atoms with Crippen molar-refractivity contribution in [3.05, 3.63) is 45.4 Å². The number of amides is 1. The quantitative estimate of drug-likeness (QED) is 0.602. The van der Waals surface area contributed by atoms with Gasteiger partial charge in [-0.2, -0.15) is 5.10 Å². The molecule has 0 saturated carbocycles. The largest absolute Gasteiger partial charge is 0.353 e. The van der Waals surface area contributed by atoms with Gasteiger partial charge in [-0.15, -0.1) is 0 Å². The lowest BCUT2D eigenvalue weighted by atomic mass is 10.1. The van der Waals surface area contributed by atoms with Crippen LogP contribution in [-0.4, -0.2) is 56.7 Å². The van der Waals surface area contributed by atoms with Crippen molar-refractivity contribution in [2.75, 3.05) is 31.1 Å². The summed E-state index contributed by atoms with van der Waals surface area (Å²) in [5, 5.41) is 15.1. The molecule has 0 N–H and O–H groups in total. The molecule has 1 aliphatic rings. The fraction of sp³-hybridized carbons (Fsp3) is 0.471. The number of pyridine rings is 1. The van der Waals surface area contributed by atoms with Crippen molar-refractivity contribution in [1.29, 1.82) is 0 Å². The molecule has 3 heterocycles. The fourth-order valence-corrected chi connectivity index (χ4v) is 3.19. The van der Waals surface area contributed by atoms with Crippen LogP contribution in [0.5, 0.6) is 0 Å². The molecule has 0 unspecified atom stereocenters. The van der Waals surface area contributed by atoms with Crippen LogP contribution in [0.1, 0.15) is 17.0 Å². The van der Waals surface area contributed by atoms with Crippen molar-refractivity contribution in [2.45, 2.75) is 20.3 Å². The zero-order chi connectivity index (χ0) is 18.8. The molecule has 3 rings (SSSR count). The van der Waals surface area contributed by atoms with E-state index < -0.39 is 4.92 Å². The van der Waals surface area contributed by atoms with Crippen LogP contribution < -0.4 is 4.90 Å². The topological polar surface area (TPSA) is 97.4 Å². The van der Waals surface area contributed by atoms with Gasteiger partial charge in [0.1, 0.15) is 12.0 Å². The molecule has 1 aliphatic heterocycles. The second-order valence-corrected chi connectivity index (χ2v) is 6.45. The zero-order valence-electron chi connectivity index (χ0n) is 15.2. The number of anilines is 1. The van der Waals surface area contributed by atoms with Crippen molar-refractivity contribution < 1.29 is 9.72 Å². The number of nitro groups is 1. The summed E-state index contributed by atoms with van der Waals surface area (Å²) in [7, 11) is 1.88. The number of aryl methyl sites for hydroxylation is 2. The number of nitrogens with zero attached hydrogens (tertiary/aromatic N) is 6. The molecule has 1 saturated heterocycles. The Kier molecular flexibility index (Phi) is 4.88. The molecule has 0 radical (unpaired) electrons. The highest BCUT2D eigenvalue weighted by molar-refractivity contribution is 5.79. The van der Waals surface area contributed by atoms with Gasteiger partial charge in [0, 0.05) is 50.6 Å². The Hall–Kier alpha value is -2.97. The predicted molar refractivity (Wildman–Crippen MR) is 96.1 cm³/mol. The first-order valence-corrected chi connectivity index (χ1v) is 8.49. The highest BCUT2D eigenvalue weighted by Gasteiger charge is 2.24. The molecule has 1 amide bonds. The third kappa shape index (κ3) is 3.51. The van der Waals surface area contributed by atoms with Crippen molar-refractivity contribution >= 4 is 17.4 Å². The maximum atomic E-state index is 12.6. The minimum Gasteiger partial charge on any atom is -0.353 e. The molecule has 0 bridgehead atoms. The van der Waals surface area contributed by atoms with Gasteiger partial charge in [-0.25, -0.2) is 4.98 Å². The van der Waals surface area contributed by atoms with E-state index in [0.29, 0.717) is 38.4 Å². The van der Waals surface area contributed by atoms with Crippen LogP contribution in [0.15, 0.2) is 18.3 Å². The average molecular weight is 358 g/mol. The first-order valence-electron chi connectivity index (χ1n) is 8.49. The summed E-state index contributed by atoms with van der Waals surface area (Å²) in [6.07, 6.45) is 1.63. The molecule has 9 nitrogen and oxygen atoms in total. The van der Waals surface area contributed by atoms with Gasteiger partial charge in [0.15, 0.2) is 0 Å². The zero-order valence-corrected chi connectivity index (χ0v) is 15.2. The van der Waals surface area contributed by atoms with Crippen LogP contribution >= 0.6 is 0 Å². The molecular formula is C17H22N6O3. The summed E-state index contributed by atoms with van der Waals surface area (Å²) in [6.45, 7) is 6.42. The minimum absolute atomic E-state index is 0.0234. The van der Waals surface area contributed by atoms with Crippen LogP contribution in [0.4, 0.5) is 11.5 Å². The molecule has 1 fully saturated rings. The molecule has 0 aromatic carbocycles. The highest BCUT2D eigenvalue weighted by atomic mass is 16.6. The number of piperazine rings is 1. The number of hydrogen-bond acceptors (Lipinski definition) is 6. The number of carbonyl (C=O) groups excluding carboxylic acids is 1. The normalized spacial score (nSPS) is 14.6. The minimum atomic E-state index is -0.462. The summed E-state index contributed by atoms with van der Waals surface area (Å²) in [5.41, 5.74) is 2.89. The molecule has 0 atom stereocenters. The second-order valence-electron chi connectivity index (χ2n) is 6.45.